The van der Waals surface area contributed by atoms with Gasteiger partial charge in [0.1, 0.15) is 0 Å². The van der Waals surface area contributed by atoms with E-state index in [2.05, 4.69) is 0 Å². The third kappa shape index (κ3) is 3.88. The Kier molecular flexibility index (Phi) is 4.51. The zero-order valence-corrected chi connectivity index (χ0v) is 13.6. The maximum Gasteiger partial charge on any atom is 0.462 e. The summed E-state index contributed by atoms with van der Waals surface area (Å²) in [6.45, 7) is 7.00. The topological polar surface area (TPSA) is 18.5 Å². The highest BCUT2D eigenvalue weighted by Gasteiger charge is 2.51. The number of hydrogen-bond acceptors (Lipinski definition) is 2. The summed E-state index contributed by atoms with van der Waals surface area (Å²) in [4.78, 5) is 0. The molecule has 1 fully saturated rings. The first kappa shape index (κ1) is 19.1. The van der Waals surface area contributed by atoms with Crippen molar-refractivity contribution >= 4 is 7.12 Å². The van der Waals surface area contributed by atoms with Crippen molar-refractivity contribution < 1.29 is 35.7 Å². The largest absolute Gasteiger partial charge is 0.462 e. The maximum absolute atomic E-state index is 12.9. The highest BCUT2D eigenvalue weighted by molar-refractivity contribution is 6.45. The molecule has 24 heavy (non-hydrogen) atoms. The summed E-state index contributed by atoms with van der Waals surface area (Å²) in [6, 6.07) is 1.49. The molecule has 1 aliphatic rings. The number of benzene rings is 1. The van der Waals surface area contributed by atoms with Crippen LogP contribution in [0.4, 0.5) is 26.3 Å². The molecular formula is C15H17BF6O2. The lowest BCUT2D eigenvalue weighted by atomic mass is 9.80. The van der Waals surface area contributed by atoms with Crippen LogP contribution in [0.15, 0.2) is 18.2 Å². The van der Waals surface area contributed by atoms with Crippen LogP contribution in [0.1, 0.15) is 44.4 Å². The van der Waals surface area contributed by atoms with Crippen LogP contribution < -0.4 is 0 Å². The van der Waals surface area contributed by atoms with Crippen LogP contribution >= 0.6 is 0 Å². The number of hydrogen-bond donors (Lipinski definition) is 0. The van der Waals surface area contributed by atoms with Crippen LogP contribution in [0, 0.1) is 0 Å². The van der Waals surface area contributed by atoms with Crippen molar-refractivity contribution in [1.29, 1.82) is 0 Å². The average Bonchev–Trinajstić information content (AvgIpc) is 2.54. The van der Waals surface area contributed by atoms with E-state index in [0.29, 0.717) is 12.1 Å². The summed E-state index contributed by atoms with van der Waals surface area (Å²) >= 11 is 0. The van der Waals surface area contributed by atoms with Crippen molar-refractivity contribution in [2.24, 2.45) is 0 Å². The first-order chi connectivity index (χ1) is 10.6. The molecule has 0 aromatic heterocycles. The van der Waals surface area contributed by atoms with E-state index in [1.807, 2.05) is 0 Å². The molecule has 0 atom stereocenters. The molecule has 0 bridgehead atoms. The van der Waals surface area contributed by atoms with Gasteiger partial charge in [-0.05, 0) is 51.5 Å². The predicted molar refractivity (Wildman–Crippen MR) is 76.2 cm³/mol. The summed E-state index contributed by atoms with van der Waals surface area (Å²) in [5.41, 5.74) is -4.26. The summed E-state index contributed by atoms with van der Waals surface area (Å²) in [7, 11) is -0.917. The van der Waals surface area contributed by atoms with E-state index in [1.165, 1.54) is 0 Å². The fourth-order valence-corrected chi connectivity index (χ4v) is 2.38. The summed E-state index contributed by atoms with van der Waals surface area (Å²) in [5.74, 6) is 0. The highest BCUT2D eigenvalue weighted by atomic mass is 19.4. The van der Waals surface area contributed by atoms with Gasteiger partial charge in [0.2, 0.25) is 0 Å². The SMILES string of the molecule is CC1(C)OB(Cc2cc(C(F)(F)F)cc(C(F)(F)F)c2)OC1(C)C. The van der Waals surface area contributed by atoms with Crippen LogP contribution in [-0.2, 0) is 28.0 Å². The average molecular weight is 354 g/mol. The molecule has 1 heterocycles. The fourth-order valence-electron chi connectivity index (χ4n) is 2.38. The van der Waals surface area contributed by atoms with Gasteiger partial charge in [-0.2, -0.15) is 26.3 Å². The Morgan fingerprint density at radius 1 is 0.792 bits per heavy atom. The van der Waals surface area contributed by atoms with Crippen molar-refractivity contribution in [3.63, 3.8) is 0 Å². The molecule has 1 aromatic rings. The molecule has 134 valence electrons. The zero-order valence-electron chi connectivity index (χ0n) is 13.6. The Morgan fingerprint density at radius 3 is 1.50 bits per heavy atom. The van der Waals surface area contributed by atoms with Crippen LogP contribution in [0.2, 0.25) is 0 Å². The van der Waals surface area contributed by atoms with Gasteiger partial charge in [-0.1, -0.05) is 0 Å². The van der Waals surface area contributed by atoms with Crippen LogP contribution in [-0.4, -0.2) is 18.3 Å². The van der Waals surface area contributed by atoms with Crippen LogP contribution in [0.3, 0.4) is 0 Å². The van der Waals surface area contributed by atoms with Crippen molar-refractivity contribution in [3.05, 3.63) is 34.9 Å². The second-order valence-electron chi connectivity index (χ2n) is 6.80. The molecule has 1 aliphatic heterocycles. The van der Waals surface area contributed by atoms with E-state index in [1.54, 1.807) is 27.7 Å². The monoisotopic (exact) mass is 354 g/mol. The number of halogens is 6. The van der Waals surface area contributed by atoms with E-state index in [-0.39, 0.29) is 17.9 Å². The van der Waals surface area contributed by atoms with Gasteiger partial charge in [0, 0.05) is 6.32 Å². The van der Waals surface area contributed by atoms with Gasteiger partial charge in [-0.15, -0.1) is 0 Å². The molecule has 2 rings (SSSR count). The minimum absolute atomic E-state index is 0.105. The molecule has 9 heteroatoms. The van der Waals surface area contributed by atoms with E-state index < -0.39 is 41.8 Å². The second-order valence-corrected chi connectivity index (χ2v) is 6.80. The molecule has 0 unspecified atom stereocenters. The van der Waals surface area contributed by atoms with Crippen LogP contribution in [0.25, 0.3) is 0 Å². The first-order valence-corrected chi connectivity index (χ1v) is 7.26. The van der Waals surface area contributed by atoms with Crippen molar-refractivity contribution in [2.75, 3.05) is 0 Å². The van der Waals surface area contributed by atoms with Crippen LogP contribution in [0.5, 0.6) is 0 Å². The molecule has 0 saturated carbocycles. The van der Waals surface area contributed by atoms with Crippen molar-refractivity contribution in [2.45, 2.75) is 57.6 Å². The zero-order chi connectivity index (χ0) is 18.6. The molecule has 1 aromatic carbocycles. The molecule has 0 amide bonds. The number of alkyl halides is 6. The quantitative estimate of drug-likeness (QED) is 0.556. The first-order valence-electron chi connectivity index (χ1n) is 7.26. The maximum atomic E-state index is 12.9. The van der Waals surface area contributed by atoms with E-state index in [9.17, 15) is 26.3 Å². The molecule has 1 saturated heterocycles. The standard InChI is InChI=1S/C15H17BF6O2/c1-12(2)13(3,4)24-16(23-12)8-9-5-10(14(17,18)19)7-11(6-9)15(20,21)22/h5-7H,8H2,1-4H3. The van der Waals surface area contributed by atoms with Gasteiger partial charge in [0.15, 0.2) is 0 Å². The summed E-state index contributed by atoms with van der Waals surface area (Å²) in [5, 5.41) is 0. The van der Waals surface area contributed by atoms with Crippen molar-refractivity contribution in [3.8, 4) is 0 Å². The lowest BCUT2D eigenvalue weighted by molar-refractivity contribution is -0.143. The van der Waals surface area contributed by atoms with E-state index >= 15 is 0 Å². The van der Waals surface area contributed by atoms with E-state index in [4.69, 9.17) is 9.31 Å². The Bertz CT molecular complexity index is 573. The predicted octanol–water partition coefficient (Wildman–Crippen LogP) is 4.90. The van der Waals surface area contributed by atoms with Gasteiger partial charge in [-0.25, -0.2) is 0 Å². The fraction of sp³-hybridized carbons (Fsp3) is 0.600. The van der Waals surface area contributed by atoms with Gasteiger partial charge >= 0.3 is 19.5 Å². The Labute approximate surface area is 136 Å². The number of rotatable bonds is 2. The minimum atomic E-state index is -4.87. The van der Waals surface area contributed by atoms with Gasteiger partial charge in [0.25, 0.3) is 0 Å². The minimum Gasteiger partial charge on any atom is -0.403 e. The van der Waals surface area contributed by atoms with E-state index in [0.717, 1.165) is 0 Å². The van der Waals surface area contributed by atoms with Gasteiger partial charge < -0.3 is 9.31 Å². The highest BCUT2D eigenvalue weighted by Crippen LogP contribution is 2.39. The second kappa shape index (κ2) is 5.66. The smallest absolute Gasteiger partial charge is 0.403 e. The molecule has 0 aliphatic carbocycles. The molecule has 2 nitrogen and oxygen atoms in total. The summed E-state index contributed by atoms with van der Waals surface area (Å²) in [6.07, 6.45) is -9.95. The lowest BCUT2D eigenvalue weighted by Gasteiger charge is -2.32. The van der Waals surface area contributed by atoms with Gasteiger partial charge in [-0.3, -0.25) is 0 Å². The lowest BCUT2D eigenvalue weighted by Crippen LogP contribution is -2.41. The Morgan fingerprint density at radius 2 is 1.17 bits per heavy atom. The molecular weight excluding hydrogens is 337 g/mol. The third-order valence-electron chi connectivity index (χ3n) is 4.35. The molecule has 0 radical (unpaired) electrons. The Balaban J connectivity index is 2.34. The molecule has 0 N–H and O–H groups in total. The Hall–Kier alpha value is -1.22. The van der Waals surface area contributed by atoms with Gasteiger partial charge in [0.05, 0.1) is 22.3 Å². The summed E-state index contributed by atoms with van der Waals surface area (Å²) < 4.78 is 88.5. The van der Waals surface area contributed by atoms with Crippen molar-refractivity contribution in [1.82, 2.24) is 0 Å². The third-order valence-corrected chi connectivity index (χ3v) is 4.35. The normalized spacial score (nSPS) is 20.5. The molecule has 0 spiro atoms.